The van der Waals surface area contributed by atoms with E-state index >= 15 is 0 Å². The van der Waals surface area contributed by atoms with Gasteiger partial charge >= 0.3 is 0 Å². The molecule has 0 saturated heterocycles. The second kappa shape index (κ2) is 7.91. The summed E-state index contributed by atoms with van der Waals surface area (Å²) < 4.78 is 10.9. The highest BCUT2D eigenvalue weighted by Crippen LogP contribution is 2.28. The summed E-state index contributed by atoms with van der Waals surface area (Å²) in [5.74, 6) is 1.05. The number of aromatic nitrogens is 3. The Morgan fingerprint density at radius 1 is 1.25 bits per heavy atom. The van der Waals surface area contributed by atoms with Crippen molar-refractivity contribution in [2.75, 3.05) is 5.32 Å². The van der Waals surface area contributed by atoms with Crippen LogP contribution in [-0.2, 0) is 6.61 Å². The number of nitrogens with zero attached hydrogens (tertiary/aromatic N) is 3. The quantitative estimate of drug-likeness (QED) is 0.494. The van der Waals surface area contributed by atoms with Crippen LogP contribution in [0.2, 0.25) is 0 Å². The van der Waals surface area contributed by atoms with E-state index in [0.717, 1.165) is 27.6 Å². The van der Waals surface area contributed by atoms with Crippen molar-refractivity contribution in [1.82, 2.24) is 15.4 Å². The number of hydrogen-bond donors (Lipinski definition) is 1. The van der Waals surface area contributed by atoms with Crippen LogP contribution in [0.1, 0.15) is 27.4 Å². The summed E-state index contributed by atoms with van der Waals surface area (Å²) in [5.41, 5.74) is 3.18. The first-order chi connectivity index (χ1) is 13.6. The molecule has 0 bridgehead atoms. The Balaban J connectivity index is 1.43. The Bertz CT molecular complexity index is 1080. The fourth-order valence-corrected chi connectivity index (χ4v) is 3.99. The van der Waals surface area contributed by atoms with Gasteiger partial charge in [-0.3, -0.25) is 10.1 Å². The van der Waals surface area contributed by atoms with Crippen molar-refractivity contribution in [1.29, 1.82) is 0 Å². The van der Waals surface area contributed by atoms with E-state index in [4.69, 9.17) is 9.26 Å². The Morgan fingerprint density at radius 3 is 2.89 bits per heavy atom. The van der Waals surface area contributed by atoms with E-state index < -0.39 is 0 Å². The van der Waals surface area contributed by atoms with Crippen molar-refractivity contribution in [3.8, 4) is 16.3 Å². The van der Waals surface area contributed by atoms with E-state index in [2.05, 4.69) is 20.7 Å². The fraction of sp³-hybridized carbons (Fsp3) is 0.158. The predicted molar refractivity (Wildman–Crippen MR) is 108 cm³/mol. The summed E-state index contributed by atoms with van der Waals surface area (Å²) in [5, 5.41) is 20.0. The number of nitrogens with one attached hydrogen (secondary N) is 1. The molecule has 1 amide bonds. The summed E-state index contributed by atoms with van der Waals surface area (Å²) in [6.07, 6.45) is 0. The molecule has 3 aromatic heterocycles. The third-order valence-corrected chi connectivity index (χ3v) is 5.65. The molecule has 4 aromatic rings. The van der Waals surface area contributed by atoms with Gasteiger partial charge in [0.15, 0.2) is 0 Å². The lowest BCUT2D eigenvalue weighted by molar-refractivity contribution is 0.102. The lowest BCUT2D eigenvalue weighted by Crippen LogP contribution is -2.11. The van der Waals surface area contributed by atoms with Gasteiger partial charge in [-0.05, 0) is 43.5 Å². The average molecular weight is 412 g/mol. The van der Waals surface area contributed by atoms with Gasteiger partial charge < -0.3 is 9.26 Å². The van der Waals surface area contributed by atoms with Gasteiger partial charge in [0.1, 0.15) is 23.1 Å². The average Bonchev–Trinajstić information content (AvgIpc) is 3.43. The maximum Gasteiger partial charge on any atom is 0.257 e. The molecule has 0 atom stereocenters. The number of carbonyl (C=O) groups is 1. The van der Waals surface area contributed by atoms with Crippen molar-refractivity contribution >= 4 is 33.7 Å². The molecular weight excluding hydrogens is 396 g/mol. The Labute approximate surface area is 169 Å². The monoisotopic (exact) mass is 412 g/mol. The van der Waals surface area contributed by atoms with Gasteiger partial charge in [-0.1, -0.05) is 22.6 Å². The maximum atomic E-state index is 12.6. The van der Waals surface area contributed by atoms with Crippen molar-refractivity contribution in [2.24, 2.45) is 0 Å². The van der Waals surface area contributed by atoms with E-state index in [1.807, 2.05) is 30.7 Å². The zero-order chi connectivity index (χ0) is 19.5. The van der Waals surface area contributed by atoms with Crippen LogP contribution in [0.5, 0.6) is 5.75 Å². The van der Waals surface area contributed by atoms with Crippen molar-refractivity contribution in [3.05, 3.63) is 63.7 Å². The first-order valence-electron chi connectivity index (χ1n) is 8.42. The molecule has 0 aliphatic carbocycles. The molecular formula is C19H16N4O3S2. The summed E-state index contributed by atoms with van der Waals surface area (Å²) >= 11 is 2.92. The molecule has 0 radical (unpaired) electrons. The normalized spacial score (nSPS) is 10.8. The minimum atomic E-state index is -0.268. The van der Waals surface area contributed by atoms with E-state index in [9.17, 15) is 4.79 Å². The molecule has 7 nitrogen and oxygen atoms in total. The van der Waals surface area contributed by atoms with E-state index in [0.29, 0.717) is 23.1 Å². The number of thiophene rings is 1. The highest BCUT2D eigenvalue weighted by molar-refractivity contribution is 7.19. The molecule has 9 heteroatoms. The number of benzene rings is 1. The number of ether oxygens (including phenoxy) is 1. The van der Waals surface area contributed by atoms with Gasteiger partial charge in [-0.25, -0.2) is 0 Å². The maximum absolute atomic E-state index is 12.6. The summed E-state index contributed by atoms with van der Waals surface area (Å²) in [6, 6.07) is 8.95. The molecule has 0 saturated carbocycles. The minimum absolute atomic E-state index is 0.268. The lowest BCUT2D eigenvalue weighted by atomic mass is 10.2. The largest absolute Gasteiger partial charge is 0.489 e. The standard InChI is InChI=1S/C19H16N4O3S2/c1-11-16(12(2)26-23-11)9-25-15-5-3-4-13(8-15)17(24)20-19-22-21-18(28-19)14-6-7-27-10-14/h3-8,10H,9H2,1-2H3,(H,20,22,24). The van der Waals surface area contributed by atoms with Crippen LogP contribution in [-0.4, -0.2) is 21.3 Å². The zero-order valence-electron chi connectivity index (χ0n) is 15.1. The molecule has 3 heterocycles. The van der Waals surface area contributed by atoms with E-state index in [1.165, 1.54) is 11.3 Å². The molecule has 1 aromatic carbocycles. The van der Waals surface area contributed by atoms with Gasteiger partial charge in [0.2, 0.25) is 5.13 Å². The Kier molecular flexibility index (Phi) is 5.18. The van der Waals surface area contributed by atoms with Crippen molar-refractivity contribution < 1.29 is 14.1 Å². The highest BCUT2D eigenvalue weighted by Gasteiger charge is 2.13. The van der Waals surface area contributed by atoms with Gasteiger partial charge in [-0.15, -0.1) is 10.2 Å². The van der Waals surface area contributed by atoms with Crippen LogP contribution >= 0.6 is 22.7 Å². The number of carbonyl (C=O) groups excluding carboxylic acids is 1. The molecule has 28 heavy (non-hydrogen) atoms. The third kappa shape index (κ3) is 3.95. The first kappa shape index (κ1) is 18.3. The van der Waals surface area contributed by atoms with Crippen LogP contribution in [0.4, 0.5) is 5.13 Å². The number of hydrogen-bond acceptors (Lipinski definition) is 8. The molecule has 0 aliphatic heterocycles. The lowest BCUT2D eigenvalue weighted by Gasteiger charge is -2.07. The van der Waals surface area contributed by atoms with Gasteiger partial charge in [0, 0.05) is 16.5 Å². The molecule has 4 rings (SSSR count). The predicted octanol–water partition coefficient (Wildman–Crippen LogP) is 4.70. The van der Waals surface area contributed by atoms with Crippen LogP contribution in [0.25, 0.3) is 10.6 Å². The highest BCUT2D eigenvalue weighted by atomic mass is 32.1. The Morgan fingerprint density at radius 2 is 2.14 bits per heavy atom. The van der Waals surface area contributed by atoms with E-state index in [-0.39, 0.29) is 5.91 Å². The Hall–Kier alpha value is -3.04. The van der Waals surface area contributed by atoms with Crippen LogP contribution in [0.15, 0.2) is 45.6 Å². The molecule has 0 unspecified atom stereocenters. The molecule has 0 spiro atoms. The zero-order valence-corrected chi connectivity index (χ0v) is 16.8. The number of amides is 1. The molecule has 0 aliphatic rings. The molecule has 142 valence electrons. The van der Waals surface area contributed by atoms with Gasteiger partial charge in [-0.2, -0.15) is 11.3 Å². The topological polar surface area (TPSA) is 90.1 Å². The fourth-order valence-electron chi connectivity index (χ4n) is 2.54. The van der Waals surface area contributed by atoms with E-state index in [1.54, 1.807) is 35.6 Å². The second-order valence-corrected chi connectivity index (χ2v) is 7.76. The van der Waals surface area contributed by atoms with Crippen LogP contribution in [0.3, 0.4) is 0 Å². The summed E-state index contributed by atoms with van der Waals surface area (Å²) in [4.78, 5) is 12.6. The number of anilines is 1. The van der Waals surface area contributed by atoms with Crippen LogP contribution in [0, 0.1) is 13.8 Å². The molecule has 1 N–H and O–H groups in total. The first-order valence-corrected chi connectivity index (χ1v) is 10.2. The second-order valence-electron chi connectivity index (χ2n) is 6.00. The van der Waals surface area contributed by atoms with Gasteiger partial charge in [0.05, 0.1) is 11.3 Å². The van der Waals surface area contributed by atoms with Crippen molar-refractivity contribution in [3.63, 3.8) is 0 Å². The minimum Gasteiger partial charge on any atom is -0.489 e. The SMILES string of the molecule is Cc1noc(C)c1COc1cccc(C(=O)Nc2nnc(-c3ccsc3)s2)c1. The van der Waals surface area contributed by atoms with Gasteiger partial charge in [0.25, 0.3) is 5.91 Å². The summed E-state index contributed by atoms with van der Waals surface area (Å²) in [7, 11) is 0. The number of rotatable bonds is 6. The third-order valence-electron chi connectivity index (χ3n) is 4.07. The smallest absolute Gasteiger partial charge is 0.257 e. The van der Waals surface area contributed by atoms with Crippen LogP contribution < -0.4 is 10.1 Å². The molecule has 0 fully saturated rings. The number of aryl methyl sites for hydroxylation is 2. The van der Waals surface area contributed by atoms with Crippen molar-refractivity contribution in [2.45, 2.75) is 20.5 Å². The summed E-state index contributed by atoms with van der Waals surface area (Å²) in [6.45, 7) is 4.03.